The molecule has 20 heavy (non-hydrogen) atoms. The van der Waals surface area contributed by atoms with Crippen molar-refractivity contribution in [3.63, 3.8) is 0 Å². The Morgan fingerprint density at radius 2 is 2.05 bits per heavy atom. The first-order valence-corrected chi connectivity index (χ1v) is 7.98. The lowest BCUT2D eigenvalue weighted by molar-refractivity contribution is 0.0695. The molecule has 0 amide bonds. The molecule has 8 heteroatoms. The highest BCUT2D eigenvalue weighted by molar-refractivity contribution is 9.38. The fraction of sp³-hybridized carbons (Fsp3) is 0.250. The molecule has 2 aromatic heterocycles. The van der Waals surface area contributed by atoms with Gasteiger partial charge in [-0.15, -0.1) is 0 Å². The molecular formula is C12H9Br3N2O3. The Labute approximate surface area is 139 Å². The molecule has 0 atom stereocenters. The number of carboxylic acids is 1. The maximum Gasteiger partial charge on any atom is 0.341 e. The van der Waals surface area contributed by atoms with Gasteiger partial charge in [0, 0.05) is 12.7 Å². The van der Waals surface area contributed by atoms with E-state index in [2.05, 4.69) is 52.8 Å². The predicted octanol–water partition coefficient (Wildman–Crippen LogP) is 3.41. The van der Waals surface area contributed by atoms with E-state index in [9.17, 15) is 9.59 Å². The third-order valence-corrected chi connectivity index (χ3v) is 4.00. The van der Waals surface area contributed by atoms with Crippen LogP contribution >= 0.6 is 47.8 Å². The largest absolute Gasteiger partial charge is 0.477 e. The van der Waals surface area contributed by atoms with Crippen LogP contribution in [0.5, 0.6) is 0 Å². The molecule has 0 aromatic carbocycles. The van der Waals surface area contributed by atoms with Crippen molar-refractivity contribution in [2.45, 2.75) is 15.6 Å². The summed E-state index contributed by atoms with van der Waals surface area (Å²) in [6.45, 7) is 2.36. The molecule has 0 saturated carbocycles. The summed E-state index contributed by atoms with van der Waals surface area (Å²) < 4.78 is 0.948. The Morgan fingerprint density at radius 1 is 1.40 bits per heavy atom. The van der Waals surface area contributed by atoms with Crippen LogP contribution in [-0.2, 0) is 8.69 Å². The van der Waals surface area contributed by atoms with Gasteiger partial charge in [0.1, 0.15) is 11.2 Å². The summed E-state index contributed by atoms with van der Waals surface area (Å²) in [5, 5.41) is 9.36. The molecule has 0 bridgehead atoms. The predicted molar refractivity (Wildman–Crippen MR) is 87.1 cm³/mol. The van der Waals surface area contributed by atoms with Gasteiger partial charge >= 0.3 is 5.97 Å². The molecule has 0 aliphatic heterocycles. The maximum atomic E-state index is 12.1. The summed E-state index contributed by atoms with van der Waals surface area (Å²) in [5.74, 6) is -1.24. The second-order valence-electron chi connectivity index (χ2n) is 4.03. The Balaban J connectivity index is 2.87. The molecule has 0 aliphatic carbocycles. The second-order valence-corrected chi connectivity index (χ2v) is 10.8. The second kappa shape index (κ2) is 5.57. The fourth-order valence-corrected chi connectivity index (χ4v) is 2.48. The molecule has 0 unspecified atom stereocenters. The quantitative estimate of drug-likeness (QED) is 0.686. The molecule has 0 radical (unpaired) electrons. The van der Waals surface area contributed by atoms with Crippen LogP contribution in [0.4, 0.5) is 0 Å². The van der Waals surface area contributed by atoms with Crippen molar-refractivity contribution in [3.05, 3.63) is 39.8 Å². The number of aromatic carboxylic acids is 1. The van der Waals surface area contributed by atoms with E-state index < -0.39 is 13.5 Å². The highest BCUT2D eigenvalue weighted by Gasteiger charge is 2.24. The van der Waals surface area contributed by atoms with Gasteiger partial charge in [0.25, 0.3) is 0 Å². The molecule has 5 nitrogen and oxygen atoms in total. The van der Waals surface area contributed by atoms with Gasteiger partial charge in [-0.1, -0.05) is 47.8 Å². The van der Waals surface area contributed by atoms with E-state index in [1.54, 1.807) is 16.7 Å². The number of pyridine rings is 2. The number of halogens is 3. The van der Waals surface area contributed by atoms with Crippen molar-refractivity contribution in [2.75, 3.05) is 0 Å². The lowest BCUT2D eigenvalue weighted by Crippen LogP contribution is -2.20. The number of hydrogen-bond acceptors (Lipinski definition) is 3. The minimum Gasteiger partial charge on any atom is -0.477 e. The smallest absolute Gasteiger partial charge is 0.341 e. The summed E-state index contributed by atoms with van der Waals surface area (Å²) in [6, 6.07) is 3.23. The summed E-state index contributed by atoms with van der Waals surface area (Å²) in [5.41, 5.74) is 0.287. The fourth-order valence-electron chi connectivity index (χ4n) is 1.82. The van der Waals surface area contributed by atoms with Crippen molar-refractivity contribution in [1.82, 2.24) is 9.55 Å². The van der Waals surface area contributed by atoms with E-state index in [0.29, 0.717) is 17.9 Å². The molecule has 2 aromatic rings. The van der Waals surface area contributed by atoms with Crippen LogP contribution in [0.1, 0.15) is 23.0 Å². The number of fused-ring (bicyclic) bond motifs is 1. The standard InChI is InChI=1S/C12H9Br3N2O3/c1-2-17-5-7(11(19)20)9(18)6-3-4-8(12(13,14)15)16-10(6)17/h3-5H,2H2,1H3,(H,19,20). The summed E-state index contributed by atoms with van der Waals surface area (Å²) in [4.78, 5) is 27.6. The highest BCUT2D eigenvalue weighted by atomic mass is 80.0. The summed E-state index contributed by atoms with van der Waals surface area (Å²) in [7, 11) is 0. The molecule has 2 rings (SSSR count). The molecule has 2 heterocycles. The summed E-state index contributed by atoms with van der Waals surface area (Å²) in [6.07, 6.45) is 1.32. The first-order chi connectivity index (χ1) is 9.25. The molecule has 0 saturated heterocycles. The van der Waals surface area contributed by atoms with E-state index in [4.69, 9.17) is 5.11 Å². The van der Waals surface area contributed by atoms with E-state index >= 15 is 0 Å². The molecule has 106 valence electrons. The van der Waals surface area contributed by atoms with Crippen molar-refractivity contribution in [1.29, 1.82) is 0 Å². The van der Waals surface area contributed by atoms with Crippen molar-refractivity contribution < 1.29 is 9.90 Å². The zero-order chi connectivity index (χ0) is 15.1. The lowest BCUT2D eigenvalue weighted by Gasteiger charge is -2.14. The zero-order valence-electron chi connectivity index (χ0n) is 10.2. The van der Waals surface area contributed by atoms with Crippen LogP contribution < -0.4 is 5.43 Å². The van der Waals surface area contributed by atoms with Gasteiger partial charge < -0.3 is 9.67 Å². The number of carbonyl (C=O) groups is 1. The van der Waals surface area contributed by atoms with Gasteiger partial charge in [-0.05, 0) is 19.1 Å². The minimum atomic E-state index is -1.24. The van der Waals surface area contributed by atoms with Gasteiger partial charge in [-0.25, -0.2) is 9.78 Å². The van der Waals surface area contributed by atoms with Gasteiger partial charge in [-0.3, -0.25) is 4.79 Å². The van der Waals surface area contributed by atoms with E-state index in [1.807, 2.05) is 6.92 Å². The monoisotopic (exact) mass is 466 g/mol. The van der Waals surface area contributed by atoms with Gasteiger partial charge in [0.05, 0.1) is 11.1 Å². The number of carboxylic acid groups (broad SMARTS) is 1. The Morgan fingerprint density at radius 3 is 2.55 bits per heavy atom. The van der Waals surface area contributed by atoms with Crippen LogP contribution in [0.15, 0.2) is 23.1 Å². The Bertz CT molecular complexity index is 750. The number of aromatic nitrogens is 2. The third kappa shape index (κ3) is 2.82. The van der Waals surface area contributed by atoms with Crippen LogP contribution in [0.3, 0.4) is 0 Å². The minimum absolute atomic E-state index is 0.253. The molecule has 0 spiro atoms. The van der Waals surface area contributed by atoms with Crippen molar-refractivity contribution in [2.24, 2.45) is 0 Å². The van der Waals surface area contributed by atoms with Crippen LogP contribution in [-0.4, -0.2) is 20.6 Å². The third-order valence-electron chi connectivity index (χ3n) is 2.78. The number of nitrogens with zero attached hydrogens (tertiary/aromatic N) is 2. The van der Waals surface area contributed by atoms with E-state index in [-0.39, 0.29) is 10.9 Å². The van der Waals surface area contributed by atoms with Gasteiger partial charge in [-0.2, -0.15) is 0 Å². The van der Waals surface area contributed by atoms with Crippen LogP contribution in [0, 0.1) is 0 Å². The van der Waals surface area contributed by atoms with E-state index in [0.717, 1.165) is 0 Å². The Hall–Kier alpha value is -0.730. The van der Waals surface area contributed by atoms with Crippen molar-refractivity contribution in [3.8, 4) is 0 Å². The Kier molecular flexibility index (Phi) is 4.36. The van der Waals surface area contributed by atoms with Crippen LogP contribution in [0.2, 0.25) is 0 Å². The SMILES string of the molecule is CCn1cc(C(=O)O)c(=O)c2ccc(C(Br)(Br)Br)nc21. The topological polar surface area (TPSA) is 72.2 Å². The number of alkyl halides is 3. The number of hydrogen-bond donors (Lipinski definition) is 1. The lowest BCUT2D eigenvalue weighted by atomic mass is 10.2. The van der Waals surface area contributed by atoms with Crippen LogP contribution in [0.25, 0.3) is 11.0 Å². The molecular weight excluding hydrogens is 460 g/mol. The van der Waals surface area contributed by atoms with Gasteiger partial charge in [0.15, 0.2) is 2.14 Å². The van der Waals surface area contributed by atoms with Crippen molar-refractivity contribution >= 4 is 64.8 Å². The first kappa shape index (κ1) is 15.7. The average Bonchev–Trinajstić information content (AvgIpc) is 2.37. The average molecular weight is 469 g/mol. The number of aryl methyl sites for hydroxylation is 1. The van der Waals surface area contributed by atoms with E-state index in [1.165, 1.54) is 6.20 Å². The first-order valence-electron chi connectivity index (χ1n) is 5.60. The summed E-state index contributed by atoms with van der Waals surface area (Å²) >= 11 is 10.1. The zero-order valence-corrected chi connectivity index (χ0v) is 15.0. The number of rotatable bonds is 2. The highest BCUT2D eigenvalue weighted by Crippen LogP contribution is 2.43. The molecule has 1 N–H and O–H groups in total. The molecule has 0 aliphatic rings. The molecule has 0 fully saturated rings. The maximum absolute atomic E-state index is 12.1. The normalized spacial score (nSPS) is 11.8. The van der Waals surface area contributed by atoms with Gasteiger partial charge in [0.2, 0.25) is 5.43 Å².